The number of benzene rings is 1. The van der Waals surface area contributed by atoms with Crippen LogP contribution in [0.3, 0.4) is 0 Å². The first-order valence-electron chi connectivity index (χ1n) is 34.9. The van der Waals surface area contributed by atoms with E-state index < -0.39 is 341 Å². The normalized spacial score (nSPS) is 12.9. The molecule has 41 heteroatoms. The molecule has 2 aromatic rings. The summed E-state index contributed by atoms with van der Waals surface area (Å²) in [5.41, 5.74) is -5.83. The third-order valence-corrected chi connectivity index (χ3v) is 16.2. The maximum atomic E-state index is 15.4. The van der Waals surface area contributed by atoms with Crippen molar-refractivity contribution < 1.29 is 170 Å². The number of amides is 4. The highest BCUT2D eigenvalue weighted by Crippen LogP contribution is 2.40. The fourth-order valence-corrected chi connectivity index (χ4v) is 11.1. The van der Waals surface area contributed by atoms with E-state index >= 15 is 4.79 Å². The number of carbonyl (C=O) groups excluding carboxylic acids is 4. The number of carbonyl (C=O) groups is 13. The van der Waals surface area contributed by atoms with Crippen LogP contribution < -0.4 is 31.8 Å². The minimum atomic E-state index is -2.05. The Bertz CT molecular complexity index is 3000. The average molecular weight is 1560 g/mol. The molecule has 0 radical (unpaired) electrons. The number of anilines is 1. The molecule has 4 rings (SSSR count). The van der Waals surface area contributed by atoms with E-state index in [0.717, 1.165) is 36.8 Å². The summed E-state index contributed by atoms with van der Waals surface area (Å²) in [6.45, 7) is -10.6. The van der Waals surface area contributed by atoms with Crippen LogP contribution in [0.5, 0.6) is 0 Å². The van der Waals surface area contributed by atoms with Crippen molar-refractivity contribution in [3.05, 3.63) is 39.2 Å². The van der Waals surface area contributed by atoms with E-state index in [2.05, 4.69) is 26.2 Å². The molecule has 0 atom stereocenters. The van der Waals surface area contributed by atoms with Gasteiger partial charge in [-0.2, -0.15) is 0 Å². The first-order chi connectivity index (χ1) is 51.9. The van der Waals surface area contributed by atoms with Crippen LogP contribution in [0.1, 0.15) is 111 Å². The number of hydrogen-bond acceptors (Lipinski definition) is 28. The summed E-state index contributed by atoms with van der Waals surface area (Å²) in [5.74, 6) is -14.7. The lowest BCUT2D eigenvalue weighted by molar-refractivity contribution is -0.142. The van der Waals surface area contributed by atoms with Crippen LogP contribution in [0.15, 0.2) is 21.3 Å². The second kappa shape index (κ2) is 49.1. The van der Waals surface area contributed by atoms with E-state index in [1.165, 1.54) is 0 Å². The third-order valence-electron chi connectivity index (χ3n) is 16.2. The molecular weight excluding hydrogens is 1460 g/mol. The molecule has 0 saturated heterocycles. The lowest BCUT2D eigenvalue weighted by atomic mass is 9.89. The number of carboxylic acids is 9. The summed E-state index contributed by atoms with van der Waals surface area (Å²) in [4.78, 5) is 177. The lowest BCUT2D eigenvalue weighted by Crippen LogP contribution is -2.60. The number of carboxylic acid groups (broad SMARTS) is 9. The second-order valence-electron chi connectivity index (χ2n) is 25.8. The first-order valence-corrected chi connectivity index (χ1v) is 34.9. The van der Waals surface area contributed by atoms with E-state index in [-0.39, 0.29) is 16.5 Å². The molecule has 0 fully saturated rings. The molecule has 0 bridgehead atoms. The van der Waals surface area contributed by atoms with E-state index in [1.54, 1.807) is 6.07 Å². The van der Waals surface area contributed by atoms with Gasteiger partial charge in [-0.3, -0.25) is 62.3 Å². The highest BCUT2D eigenvalue weighted by Gasteiger charge is 2.40. The van der Waals surface area contributed by atoms with Crippen molar-refractivity contribution in [1.29, 1.82) is 0 Å². The molecule has 0 aliphatic carbocycles. The third kappa shape index (κ3) is 36.8. The van der Waals surface area contributed by atoms with Crippen molar-refractivity contribution in [3.8, 4) is 0 Å². The standard InChI is InChI=1S/C68H99N5O36/c74-49(69-65(33-100-22-8-52(77)78,34-101-23-9-53(79)80)35-102-24-10-54(81)82)5-19-97-42-68(72-64(96)48-32-61(95)109-63-46-4-2-18-73-17-1-3-45(62(46)73)31-47(48)63,43-98-20-6-50(75)70-66(36-103-25-11-55(83)84,37-104-26-12-56(85)86)38-105-27-13-57(87)88)44-99-21-7-51(76)71-67(39-106-28-14-58(89)90,40-107-29-15-59(91)92)41-108-30-16-60(93)94/h31-32H,1-30,33-44H2,(H,69,74)(H,70,75)(H,71,76)(H,72,96)(H,77,78)(H,79,80)(H,81,82)(H,83,84)(H,85,86)(H,87,88)(H,89,90)(H,91,92)(H,93,94). The number of nitrogens with zero attached hydrogens (tertiary/aromatic N) is 1. The maximum Gasteiger partial charge on any atom is 0.337 e. The van der Waals surface area contributed by atoms with Crippen LogP contribution in [0, 0.1) is 0 Å². The van der Waals surface area contributed by atoms with Crippen molar-refractivity contribution in [3.63, 3.8) is 0 Å². The monoisotopic (exact) mass is 1560 g/mol. The molecule has 0 spiro atoms. The van der Waals surface area contributed by atoms with Gasteiger partial charge in [0.15, 0.2) is 0 Å². The Balaban J connectivity index is 1.84. The highest BCUT2D eigenvalue weighted by atomic mass is 16.5. The van der Waals surface area contributed by atoms with Gasteiger partial charge in [-0.15, -0.1) is 0 Å². The number of nitrogens with one attached hydrogen (secondary N) is 4. The number of hydrogen-bond donors (Lipinski definition) is 13. The zero-order chi connectivity index (χ0) is 80.3. The van der Waals surface area contributed by atoms with Gasteiger partial charge >= 0.3 is 59.3 Å². The minimum Gasteiger partial charge on any atom is -0.481 e. The van der Waals surface area contributed by atoms with Gasteiger partial charge in [0.1, 0.15) is 27.7 Å². The molecule has 1 aromatic carbocycles. The van der Waals surface area contributed by atoms with E-state index in [1.807, 2.05) is 0 Å². The Morgan fingerprint density at radius 1 is 0.339 bits per heavy atom. The summed E-state index contributed by atoms with van der Waals surface area (Å²) in [6, 6.07) is 2.71. The number of rotatable bonds is 65. The summed E-state index contributed by atoms with van der Waals surface area (Å²) in [6.07, 6.45) is -3.70. The quantitative estimate of drug-likeness (QED) is 0.0284. The Morgan fingerprint density at radius 3 is 0.835 bits per heavy atom. The largest absolute Gasteiger partial charge is 0.481 e. The minimum absolute atomic E-state index is 0.134. The first kappa shape index (κ1) is 92.2. The SMILES string of the molecule is O=C(O)CCOCC(COCCC(=O)O)(COCCC(=O)O)NC(=O)CCOCC(COCCC(=O)NC(COCCC(=O)O)(COCCC(=O)O)COCCC(=O)O)(COCCC(=O)NC(COCCC(=O)O)(COCCC(=O)O)COCCC(=O)O)NC(=O)c1cc(=O)oc2c3c4c(cc12)CCCN4CCC3. The Hall–Kier alpha value is -9.14. The Morgan fingerprint density at radius 2 is 0.578 bits per heavy atom. The molecule has 0 unspecified atom stereocenters. The van der Waals surface area contributed by atoms with Gasteiger partial charge < -0.3 is 133 Å². The lowest BCUT2D eigenvalue weighted by Gasteiger charge is -2.37. The average Bonchev–Trinajstić information content (AvgIpc) is 0.740. The van der Waals surface area contributed by atoms with Crippen molar-refractivity contribution in [2.75, 3.05) is 177 Å². The summed E-state index contributed by atoms with van der Waals surface area (Å²) >= 11 is 0. The maximum absolute atomic E-state index is 15.4. The number of ether oxygens (including phenoxy) is 12. The molecule has 612 valence electrons. The molecule has 0 saturated carbocycles. The van der Waals surface area contributed by atoms with Crippen molar-refractivity contribution in [2.45, 2.75) is 125 Å². The van der Waals surface area contributed by atoms with Crippen LogP contribution in [-0.2, 0) is 127 Å². The van der Waals surface area contributed by atoms with Crippen LogP contribution >= 0.6 is 0 Å². The van der Waals surface area contributed by atoms with Gasteiger partial charge in [0, 0.05) is 55.1 Å². The number of fused-ring (bicyclic) bond motifs is 2. The van der Waals surface area contributed by atoms with Gasteiger partial charge in [0.25, 0.3) is 5.91 Å². The van der Waals surface area contributed by atoms with Gasteiger partial charge in [0.05, 0.1) is 222 Å². The van der Waals surface area contributed by atoms with Gasteiger partial charge in [-0.25, -0.2) is 4.79 Å². The molecular formula is C68H99N5O36. The molecule has 109 heavy (non-hydrogen) atoms. The molecule has 3 heterocycles. The molecule has 2 aliphatic rings. The topological polar surface area (TPSA) is 596 Å². The molecule has 41 nitrogen and oxygen atoms in total. The summed E-state index contributed by atoms with van der Waals surface area (Å²) in [5, 5.41) is 95.1. The fraction of sp³-hybridized carbons (Fsp3) is 0.676. The fourth-order valence-electron chi connectivity index (χ4n) is 11.1. The zero-order valence-electron chi connectivity index (χ0n) is 60.3. The number of aryl methyl sites for hydroxylation is 2. The Kier molecular flexibility index (Phi) is 41.6. The van der Waals surface area contributed by atoms with Gasteiger partial charge in [-0.05, 0) is 37.3 Å². The number of aliphatic carboxylic acids is 9. The van der Waals surface area contributed by atoms with Crippen molar-refractivity contribution >= 4 is 94.0 Å². The van der Waals surface area contributed by atoms with E-state index in [0.29, 0.717) is 24.8 Å². The molecule has 13 N–H and O–H groups in total. The van der Waals surface area contributed by atoms with E-state index in [9.17, 15) is 108 Å². The predicted molar refractivity (Wildman–Crippen MR) is 368 cm³/mol. The van der Waals surface area contributed by atoms with Crippen molar-refractivity contribution in [1.82, 2.24) is 21.3 Å². The molecule has 1 aromatic heterocycles. The molecule has 4 amide bonds. The predicted octanol–water partition coefficient (Wildman–Crippen LogP) is -0.833. The zero-order valence-corrected chi connectivity index (χ0v) is 60.3. The van der Waals surface area contributed by atoms with Crippen LogP contribution in [-0.4, -0.2) is 317 Å². The summed E-state index contributed by atoms with van der Waals surface area (Å²) in [7, 11) is 0. The smallest absolute Gasteiger partial charge is 0.337 e. The van der Waals surface area contributed by atoms with Crippen molar-refractivity contribution in [2.24, 2.45) is 0 Å². The van der Waals surface area contributed by atoms with Crippen LogP contribution in [0.25, 0.3) is 11.0 Å². The molecule has 2 aliphatic heterocycles. The Labute approximate surface area is 623 Å². The second-order valence-corrected chi connectivity index (χ2v) is 25.8. The summed E-state index contributed by atoms with van der Waals surface area (Å²) < 4.78 is 75.1. The van der Waals surface area contributed by atoms with Crippen LogP contribution in [0.4, 0.5) is 5.69 Å². The highest BCUT2D eigenvalue weighted by molar-refractivity contribution is 6.07. The van der Waals surface area contributed by atoms with Crippen LogP contribution in [0.2, 0.25) is 0 Å². The van der Waals surface area contributed by atoms with Gasteiger partial charge in [-0.1, -0.05) is 0 Å². The van der Waals surface area contributed by atoms with E-state index in [4.69, 9.17) is 61.3 Å². The van der Waals surface area contributed by atoms with Gasteiger partial charge in [0.2, 0.25) is 17.7 Å².